The molecule has 2 aliphatic rings. The first-order valence-electron chi connectivity index (χ1n) is 5.72. The van der Waals surface area contributed by atoms with Gasteiger partial charge in [0.1, 0.15) is 0 Å². The van der Waals surface area contributed by atoms with Gasteiger partial charge in [-0.1, -0.05) is 0 Å². The molecule has 1 saturated carbocycles. The maximum absolute atomic E-state index is 5.94. The lowest BCUT2D eigenvalue weighted by molar-refractivity contribution is 0.329. The van der Waals surface area contributed by atoms with E-state index in [-0.39, 0.29) is 6.04 Å². The molecule has 0 spiro atoms. The van der Waals surface area contributed by atoms with Gasteiger partial charge >= 0.3 is 0 Å². The summed E-state index contributed by atoms with van der Waals surface area (Å²) < 4.78 is 0. The smallest absolute Gasteiger partial charge is 0.191 e. The van der Waals surface area contributed by atoms with E-state index in [0.717, 1.165) is 29.7 Å². The summed E-state index contributed by atoms with van der Waals surface area (Å²) in [4.78, 5) is 11.1. The topological polar surface area (TPSA) is 54.5 Å². The third kappa shape index (κ3) is 1.80. The highest BCUT2D eigenvalue weighted by Gasteiger charge is 2.33. The standard InChI is InChI=1S/C11H16N4S/c1-7-14-9(6-16-7)10-4-13-11(12)15(10)5-8-2-3-8/h6,8,10H,2-5H2,1H3,(H2,12,13). The molecular weight excluding hydrogens is 220 g/mol. The maximum atomic E-state index is 5.94. The molecule has 2 N–H and O–H groups in total. The first-order valence-corrected chi connectivity index (χ1v) is 6.60. The molecule has 4 nitrogen and oxygen atoms in total. The molecule has 1 fully saturated rings. The number of guanidine groups is 1. The zero-order valence-electron chi connectivity index (χ0n) is 9.39. The van der Waals surface area contributed by atoms with Crippen LogP contribution < -0.4 is 5.73 Å². The van der Waals surface area contributed by atoms with E-state index in [2.05, 4.69) is 20.3 Å². The van der Waals surface area contributed by atoms with E-state index in [1.54, 1.807) is 11.3 Å². The van der Waals surface area contributed by atoms with Gasteiger partial charge in [0.25, 0.3) is 0 Å². The van der Waals surface area contributed by atoms with Crippen LogP contribution in [0.2, 0.25) is 0 Å². The van der Waals surface area contributed by atoms with Crippen LogP contribution >= 0.6 is 11.3 Å². The molecule has 5 heteroatoms. The van der Waals surface area contributed by atoms with Gasteiger partial charge in [0.2, 0.25) is 0 Å². The van der Waals surface area contributed by atoms with E-state index in [1.807, 2.05) is 6.92 Å². The lowest BCUT2D eigenvalue weighted by Crippen LogP contribution is -2.37. The van der Waals surface area contributed by atoms with Gasteiger partial charge in [-0.2, -0.15) is 0 Å². The molecule has 0 amide bonds. The summed E-state index contributed by atoms with van der Waals surface area (Å²) in [5, 5.41) is 3.25. The van der Waals surface area contributed by atoms with Crippen molar-refractivity contribution in [2.45, 2.75) is 25.8 Å². The third-order valence-corrected chi connectivity index (χ3v) is 4.02. The fourth-order valence-electron chi connectivity index (χ4n) is 2.11. The van der Waals surface area contributed by atoms with E-state index < -0.39 is 0 Å². The van der Waals surface area contributed by atoms with Crippen LogP contribution in [0.1, 0.15) is 29.6 Å². The summed E-state index contributed by atoms with van der Waals surface area (Å²) in [5.74, 6) is 1.52. The molecule has 0 saturated heterocycles. The minimum Gasteiger partial charge on any atom is -0.370 e. The molecule has 1 aromatic rings. The molecule has 0 aromatic carbocycles. The molecule has 1 aliphatic carbocycles. The van der Waals surface area contributed by atoms with Gasteiger partial charge in [-0.05, 0) is 25.7 Å². The second kappa shape index (κ2) is 3.73. The highest BCUT2D eigenvalue weighted by molar-refractivity contribution is 7.09. The van der Waals surface area contributed by atoms with Crippen LogP contribution in [0.25, 0.3) is 0 Å². The van der Waals surface area contributed by atoms with Crippen molar-refractivity contribution in [2.75, 3.05) is 13.1 Å². The number of nitrogens with zero attached hydrogens (tertiary/aromatic N) is 3. The summed E-state index contributed by atoms with van der Waals surface area (Å²) in [6, 6.07) is 0.283. The van der Waals surface area contributed by atoms with Crippen LogP contribution in [0, 0.1) is 12.8 Å². The van der Waals surface area contributed by atoms with E-state index in [0.29, 0.717) is 5.96 Å². The Balaban J connectivity index is 1.79. The van der Waals surface area contributed by atoms with Gasteiger partial charge in [-0.3, -0.25) is 4.99 Å². The second-order valence-electron chi connectivity index (χ2n) is 4.60. The fourth-order valence-corrected chi connectivity index (χ4v) is 2.77. The monoisotopic (exact) mass is 236 g/mol. The molecule has 0 bridgehead atoms. The Bertz CT molecular complexity index is 421. The Morgan fingerprint density at radius 2 is 2.38 bits per heavy atom. The molecule has 86 valence electrons. The number of hydrogen-bond acceptors (Lipinski definition) is 5. The Morgan fingerprint density at radius 1 is 1.56 bits per heavy atom. The minimum absolute atomic E-state index is 0.283. The SMILES string of the molecule is Cc1nc(C2CN=C(N)N2CC2CC2)cs1. The lowest BCUT2D eigenvalue weighted by atomic mass is 10.2. The van der Waals surface area contributed by atoms with Gasteiger partial charge in [-0.25, -0.2) is 4.98 Å². The summed E-state index contributed by atoms with van der Waals surface area (Å²) in [6.07, 6.45) is 2.68. The van der Waals surface area contributed by atoms with Gasteiger partial charge in [0, 0.05) is 11.9 Å². The fraction of sp³-hybridized carbons (Fsp3) is 0.636. The first kappa shape index (κ1) is 10.1. The van der Waals surface area contributed by atoms with E-state index >= 15 is 0 Å². The first-order chi connectivity index (χ1) is 7.74. The molecule has 2 heterocycles. The average molecular weight is 236 g/mol. The largest absolute Gasteiger partial charge is 0.370 e. The van der Waals surface area contributed by atoms with Crippen molar-refractivity contribution in [1.29, 1.82) is 0 Å². The molecule has 0 radical (unpaired) electrons. The number of hydrogen-bond donors (Lipinski definition) is 1. The van der Waals surface area contributed by atoms with Crippen LogP contribution in [-0.4, -0.2) is 28.9 Å². The average Bonchev–Trinajstić information content (AvgIpc) is 2.87. The van der Waals surface area contributed by atoms with Crippen LogP contribution in [0.3, 0.4) is 0 Å². The normalized spacial score (nSPS) is 24.9. The maximum Gasteiger partial charge on any atom is 0.191 e. The Labute approximate surface area is 99.2 Å². The van der Waals surface area contributed by atoms with Crippen molar-refractivity contribution >= 4 is 17.3 Å². The number of rotatable bonds is 3. The summed E-state index contributed by atoms with van der Waals surface area (Å²) in [5.41, 5.74) is 7.07. The second-order valence-corrected chi connectivity index (χ2v) is 5.66. The Kier molecular flexibility index (Phi) is 2.35. The van der Waals surface area contributed by atoms with E-state index in [9.17, 15) is 0 Å². The zero-order valence-corrected chi connectivity index (χ0v) is 10.2. The molecule has 1 unspecified atom stereocenters. The summed E-state index contributed by atoms with van der Waals surface area (Å²) in [7, 11) is 0. The minimum atomic E-state index is 0.283. The number of nitrogens with two attached hydrogens (primary N) is 1. The van der Waals surface area contributed by atoms with Crippen molar-refractivity contribution in [3.8, 4) is 0 Å². The van der Waals surface area contributed by atoms with Gasteiger partial charge in [0.15, 0.2) is 5.96 Å². The van der Waals surface area contributed by atoms with Crippen molar-refractivity contribution in [3.63, 3.8) is 0 Å². The number of thiazole rings is 1. The van der Waals surface area contributed by atoms with Gasteiger partial charge < -0.3 is 10.6 Å². The highest BCUT2D eigenvalue weighted by Crippen LogP contribution is 2.34. The lowest BCUT2D eigenvalue weighted by Gasteiger charge is -2.24. The van der Waals surface area contributed by atoms with Gasteiger partial charge in [0.05, 0.1) is 23.3 Å². The number of aliphatic imine (C=N–C) groups is 1. The van der Waals surface area contributed by atoms with E-state index in [4.69, 9.17) is 5.73 Å². The third-order valence-electron chi connectivity index (χ3n) is 3.23. The molecule has 1 aromatic heterocycles. The molecule has 16 heavy (non-hydrogen) atoms. The Hall–Kier alpha value is -1.10. The number of aromatic nitrogens is 1. The van der Waals surface area contributed by atoms with E-state index in [1.165, 1.54) is 12.8 Å². The molecular formula is C11H16N4S. The predicted octanol–water partition coefficient (Wildman–Crippen LogP) is 1.53. The van der Waals surface area contributed by atoms with Crippen molar-refractivity contribution in [3.05, 3.63) is 16.1 Å². The van der Waals surface area contributed by atoms with Crippen LogP contribution in [0.15, 0.2) is 10.4 Å². The molecule has 3 rings (SSSR count). The molecule has 1 atom stereocenters. The predicted molar refractivity (Wildman–Crippen MR) is 65.5 cm³/mol. The van der Waals surface area contributed by atoms with Gasteiger partial charge in [-0.15, -0.1) is 11.3 Å². The quantitative estimate of drug-likeness (QED) is 0.866. The summed E-state index contributed by atoms with van der Waals surface area (Å²) >= 11 is 1.70. The van der Waals surface area contributed by atoms with Crippen molar-refractivity contribution in [2.24, 2.45) is 16.6 Å². The molecule has 1 aliphatic heterocycles. The highest BCUT2D eigenvalue weighted by atomic mass is 32.1. The zero-order chi connectivity index (χ0) is 11.1. The van der Waals surface area contributed by atoms with Crippen LogP contribution in [-0.2, 0) is 0 Å². The van der Waals surface area contributed by atoms with Crippen LogP contribution in [0.4, 0.5) is 0 Å². The van der Waals surface area contributed by atoms with Crippen molar-refractivity contribution < 1.29 is 0 Å². The summed E-state index contributed by atoms with van der Waals surface area (Å²) in [6.45, 7) is 3.86. The van der Waals surface area contributed by atoms with Crippen LogP contribution in [0.5, 0.6) is 0 Å². The Morgan fingerprint density at radius 3 is 3.00 bits per heavy atom. The van der Waals surface area contributed by atoms with Crippen molar-refractivity contribution in [1.82, 2.24) is 9.88 Å². The number of aryl methyl sites for hydroxylation is 1.